The van der Waals surface area contributed by atoms with E-state index in [0.717, 1.165) is 19.0 Å². The van der Waals surface area contributed by atoms with Crippen molar-refractivity contribution in [2.45, 2.75) is 27.3 Å². The molecule has 1 aromatic heterocycles. The third-order valence-corrected chi connectivity index (χ3v) is 3.00. The Hall–Kier alpha value is -0.920. The Kier molecular flexibility index (Phi) is 1.86. The molecule has 1 aliphatic rings. The maximum atomic E-state index is 3.46. The SMILES string of the molecule is CC(C)(C)C1CNc2cccn2C1. The average molecular weight is 178 g/mol. The first-order valence-electron chi connectivity index (χ1n) is 4.96. The minimum Gasteiger partial charge on any atom is -0.371 e. The van der Waals surface area contributed by atoms with Crippen LogP contribution in [0.2, 0.25) is 0 Å². The first kappa shape index (κ1) is 8.67. The van der Waals surface area contributed by atoms with Crippen LogP contribution >= 0.6 is 0 Å². The van der Waals surface area contributed by atoms with Crippen molar-refractivity contribution in [2.75, 3.05) is 11.9 Å². The molecular formula is C11H18N2. The third-order valence-electron chi connectivity index (χ3n) is 3.00. The van der Waals surface area contributed by atoms with E-state index >= 15 is 0 Å². The van der Waals surface area contributed by atoms with Crippen molar-refractivity contribution < 1.29 is 0 Å². The molecular weight excluding hydrogens is 160 g/mol. The van der Waals surface area contributed by atoms with Crippen LogP contribution in [0.1, 0.15) is 20.8 Å². The van der Waals surface area contributed by atoms with E-state index in [1.165, 1.54) is 5.82 Å². The van der Waals surface area contributed by atoms with Gasteiger partial charge in [-0.3, -0.25) is 0 Å². The van der Waals surface area contributed by atoms with Gasteiger partial charge in [0.1, 0.15) is 5.82 Å². The first-order valence-corrected chi connectivity index (χ1v) is 4.96. The van der Waals surface area contributed by atoms with E-state index in [4.69, 9.17) is 0 Å². The Bertz CT molecular complexity index is 293. The second-order valence-electron chi connectivity index (χ2n) is 4.99. The van der Waals surface area contributed by atoms with Crippen molar-refractivity contribution in [1.29, 1.82) is 0 Å². The highest BCUT2D eigenvalue weighted by atomic mass is 15.1. The molecule has 1 aromatic rings. The molecule has 0 saturated carbocycles. The lowest BCUT2D eigenvalue weighted by Crippen LogP contribution is -2.35. The van der Waals surface area contributed by atoms with Crippen LogP contribution in [0.25, 0.3) is 0 Å². The van der Waals surface area contributed by atoms with Crippen LogP contribution in [0.5, 0.6) is 0 Å². The van der Waals surface area contributed by atoms with Gasteiger partial charge in [0, 0.05) is 19.3 Å². The lowest BCUT2D eigenvalue weighted by atomic mass is 9.80. The lowest BCUT2D eigenvalue weighted by molar-refractivity contribution is 0.217. The van der Waals surface area contributed by atoms with Gasteiger partial charge in [-0.05, 0) is 23.5 Å². The van der Waals surface area contributed by atoms with Crippen molar-refractivity contribution in [3.8, 4) is 0 Å². The van der Waals surface area contributed by atoms with E-state index in [-0.39, 0.29) is 0 Å². The van der Waals surface area contributed by atoms with Crippen LogP contribution in [-0.4, -0.2) is 11.1 Å². The maximum Gasteiger partial charge on any atom is 0.105 e. The molecule has 2 heterocycles. The molecule has 2 nitrogen and oxygen atoms in total. The summed E-state index contributed by atoms with van der Waals surface area (Å²) < 4.78 is 2.30. The zero-order valence-corrected chi connectivity index (χ0v) is 8.67. The first-order chi connectivity index (χ1) is 6.07. The maximum absolute atomic E-state index is 3.46. The van der Waals surface area contributed by atoms with Crippen molar-refractivity contribution in [3.63, 3.8) is 0 Å². The molecule has 1 unspecified atom stereocenters. The van der Waals surface area contributed by atoms with Gasteiger partial charge in [-0.2, -0.15) is 0 Å². The Morgan fingerprint density at radius 1 is 1.46 bits per heavy atom. The molecule has 0 aromatic carbocycles. The molecule has 2 rings (SSSR count). The fraction of sp³-hybridized carbons (Fsp3) is 0.636. The number of anilines is 1. The summed E-state index contributed by atoms with van der Waals surface area (Å²) in [6.07, 6.45) is 2.15. The van der Waals surface area contributed by atoms with E-state index in [1.807, 2.05) is 0 Å². The minimum absolute atomic E-state index is 0.398. The predicted molar refractivity (Wildman–Crippen MR) is 55.9 cm³/mol. The van der Waals surface area contributed by atoms with Gasteiger partial charge in [0.15, 0.2) is 0 Å². The summed E-state index contributed by atoms with van der Waals surface area (Å²) in [5.74, 6) is 1.99. The molecule has 0 aliphatic carbocycles. The molecule has 0 fully saturated rings. The number of hydrogen-bond donors (Lipinski definition) is 1. The number of hydrogen-bond acceptors (Lipinski definition) is 1. The fourth-order valence-corrected chi connectivity index (χ4v) is 1.84. The van der Waals surface area contributed by atoms with E-state index in [2.05, 4.69) is 49.0 Å². The summed E-state index contributed by atoms with van der Waals surface area (Å²) in [5.41, 5.74) is 0.398. The van der Waals surface area contributed by atoms with Gasteiger partial charge in [0.25, 0.3) is 0 Å². The number of nitrogens with zero attached hydrogens (tertiary/aromatic N) is 1. The minimum atomic E-state index is 0.398. The monoisotopic (exact) mass is 178 g/mol. The van der Waals surface area contributed by atoms with Gasteiger partial charge >= 0.3 is 0 Å². The molecule has 0 amide bonds. The van der Waals surface area contributed by atoms with Gasteiger partial charge in [-0.25, -0.2) is 0 Å². The number of rotatable bonds is 0. The Morgan fingerprint density at radius 2 is 2.23 bits per heavy atom. The Labute approximate surface area is 79.9 Å². The zero-order valence-electron chi connectivity index (χ0n) is 8.67. The molecule has 1 N–H and O–H groups in total. The molecule has 0 bridgehead atoms. The fourth-order valence-electron chi connectivity index (χ4n) is 1.84. The summed E-state index contributed by atoms with van der Waals surface area (Å²) in [6.45, 7) is 9.20. The third kappa shape index (κ3) is 1.58. The highest BCUT2D eigenvalue weighted by Gasteiger charge is 2.27. The molecule has 72 valence electrons. The zero-order chi connectivity index (χ0) is 9.47. The molecule has 1 atom stereocenters. The number of nitrogens with one attached hydrogen (secondary N) is 1. The van der Waals surface area contributed by atoms with Gasteiger partial charge < -0.3 is 9.88 Å². The van der Waals surface area contributed by atoms with Crippen molar-refractivity contribution in [1.82, 2.24) is 4.57 Å². The molecule has 0 radical (unpaired) electrons. The Balaban J connectivity index is 2.18. The van der Waals surface area contributed by atoms with Crippen LogP contribution in [0, 0.1) is 11.3 Å². The predicted octanol–water partition coefficient (Wildman–Crippen LogP) is 2.58. The van der Waals surface area contributed by atoms with Gasteiger partial charge in [0.2, 0.25) is 0 Å². The second-order valence-corrected chi connectivity index (χ2v) is 4.99. The second kappa shape index (κ2) is 2.79. The summed E-state index contributed by atoms with van der Waals surface area (Å²) in [4.78, 5) is 0. The normalized spacial score (nSPS) is 22.2. The number of fused-ring (bicyclic) bond motifs is 1. The van der Waals surface area contributed by atoms with Crippen LogP contribution in [0.15, 0.2) is 18.3 Å². The van der Waals surface area contributed by atoms with Crippen LogP contribution in [0.3, 0.4) is 0 Å². The molecule has 1 aliphatic heterocycles. The van der Waals surface area contributed by atoms with E-state index in [9.17, 15) is 0 Å². The lowest BCUT2D eigenvalue weighted by Gasteiger charge is -2.35. The highest BCUT2D eigenvalue weighted by molar-refractivity contribution is 5.38. The smallest absolute Gasteiger partial charge is 0.105 e. The van der Waals surface area contributed by atoms with Crippen molar-refractivity contribution >= 4 is 5.82 Å². The summed E-state index contributed by atoms with van der Waals surface area (Å²) >= 11 is 0. The molecule has 0 spiro atoms. The van der Waals surface area contributed by atoms with E-state index < -0.39 is 0 Å². The topological polar surface area (TPSA) is 17.0 Å². The van der Waals surface area contributed by atoms with Gasteiger partial charge in [-0.15, -0.1) is 0 Å². The Morgan fingerprint density at radius 3 is 2.92 bits per heavy atom. The standard InChI is InChI=1S/C11H18N2/c1-11(2,3)9-7-12-10-5-4-6-13(10)8-9/h4-6,9,12H,7-8H2,1-3H3. The average Bonchev–Trinajstić information content (AvgIpc) is 2.47. The van der Waals surface area contributed by atoms with Crippen LogP contribution < -0.4 is 5.32 Å². The highest BCUT2D eigenvalue weighted by Crippen LogP contribution is 2.31. The quantitative estimate of drug-likeness (QED) is 0.646. The van der Waals surface area contributed by atoms with Crippen LogP contribution in [-0.2, 0) is 6.54 Å². The van der Waals surface area contributed by atoms with Crippen LogP contribution in [0.4, 0.5) is 5.82 Å². The number of aromatic nitrogens is 1. The van der Waals surface area contributed by atoms with Gasteiger partial charge in [0.05, 0.1) is 0 Å². The summed E-state index contributed by atoms with van der Waals surface area (Å²) in [5, 5.41) is 3.46. The van der Waals surface area contributed by atoms with E-state index in [1.54, 1.807) is 0 Å². The molecule has 13 heavy (non-hydrogen) atoms. The van der Waals surface area contributed by atoms with Crippen molar-refractivity contribution in [2.24, 2.45) is 11.3 Å². The molecule has 0 saturated heterocycles. The summed E-state index contributed by atoms with van der Waals surface area (Å²) in [7, 11) is 0. The van der Waals surface area contributed by atoms with Crippen molar-refractivity contribution in [3.05, 3.63) is 18.3 Å². The summed E-state index contributed by atoms with van der Waals surface area (Å²) in [6, 6.07) is 4.24. The van der Waals surface area contributed by atoms with E-state index in [0.29, 0.717) is 5.41 Å². The largest absolute Gasteiger partial charge is 0.371 e. The molecule has 2 heteroatoms. The van der Waals surface area contributed by atoms with Gasteiger partial charge in [-0.1, -0.05) is 20.8 Å².